The number of alkyl halides is 3. The summed E-state index contributed by atoms with van der Waals surface area (Å²) in [7, 11) is 1.09. The van der Waals surface area contributed by atoms with Gasteiger partial charge in [-0.15, -0.1) is 0 Å². The summed E-state index contributed by atoms with van der Waals surface area (Å²) >= 11 is 4.73. The van der Waals surface area contributed by atoms with Gasteiger partial charge in [0.25, 0.3) is 5.91 Å². The van der Waals surface area contributed by atoms with Gasteiger partial charge in [0.15, 0.2) is 0 Å². The molecular weight excluding hydrogens is 265 g/mol. The van der Waals surface area contributed by atoms with Gasteiger partial charge in [0.1, 0.15) is 11.5 Å². The first kappa shape index (κ1) is 14.4. The number of hydrogen-bond acceptors (Lipinski definition) is 2. The monoisotopic (exact) mass is 276 g/mol. The quantitative estimate of drug-likeness (QED) is 0.858. The zero-order valence-corrected chi connectivity index (χ0v) is 10.3. The van der Waals surface area contributed by atoms with E-state index in [1.807, 2.05) is 0 Å². The molecule has 0 saturated carbocycles. The molecule has 2 N–H and O–H groups in total. The van der Waals surface area contributed by atoms with Crippen LogP contribution in [0.1, 0.15) is 15.9 Å². The molecule has 0 fully saturated rings. The van der Waals surface area contributed by atoms with E-state index in [1.54, 1.807) is 0 Å². The molecule has 18 heavy (non-hydrogen) atoms. The molecule has 0 bridgehead atoms. The third kappa shape index (κ3) is 3.99. The Morgan fingerprint density at radius 1 is 1.28 bits per heavy atom. The molecule has 0 aliphatic heterocycles. The second-order valence-electron chi connectivity index (χ2n) is 3.72. The van der Waals surface area contributed by atoms with Crippen molar-refractivity contribution in [3.63, 3.8) is 0 Å². The number of nitrogens with zero attached hydrogens (tertiary/aromatic N) is 1. The number of rotatable bonds is 3. The minimum Gasteiger partial charge on any atom is -0.389 e. The average Bonchev–Trinajstić information content (AvgIpc) is 2.26. The Labute approximate surface area is 107 Å². The van der Waals surface area contributed by atoms with Crippen molar-refractivity contribution in [2.24, 2.45) is 5.73 Å². The number of benzene rings is 1. The summed E-state index contributed by atoms with van der Waals surface area (Å²) in [5.41, 5.74) is 6.08. The number of carbonyl (C=O) groups excluding carboxylic acids is 1. The van der Waals surface area contributed by atoms with E-state index < -0.39 is 18.6 Å². The van der Waals surface area contributed by atoms with Crippen molar-refractivity contribution in [3.8, 4) is 0 Å². The molecule has 0 aliphatic rings. The molecule has 1 amide bonds. The molecule has 0 atom stereocenters. The van der Waals surface area contributed by atoms with Gasteiger partial charge in [0, 0.05) is 18.2 Å². The molecule has 0 radical (unpaired) electrons. The van der Waals surface area contributed by atoms with Gasteiger partial charge in [0.05, 0.1) is 0 Å². The summed E-state index contributed by atoms with van der Waals surface area (Å²) in [4.78, 5) is 12.4. The third-order valence-electron chi connectivity index (χ3n) is 2.18. The molecule has 0 heterocycles. The highest BCUT2D eigenvalue weighted by atomic mass is 32.1. The molecule has 98 valence electrons. The van der Waals surface area contributed by atoms with Gasteiger partial charge in [-0.2, -0.15) is 13.2 Å². The number of nitrogens with two attached hydrogens (primary N) is 1. The van der Waals surface area contributed by atoms with Crippen molar-refractivity contribution < 1.29 is 18.0 Å². The fourth-order valence-electron chi connectivity index (χ4n) is 1.34. The Hall–Kier alpha value is -1.63. The SMILES string of the molecule is CN(CC(F)(F)F)C(=O)c1ccc(C(N)=S)cc1. The van der Waals surface area contributed by atoms with Crippen LogP contribution in [0.25, 0.3) is 0 Å². The molecule has 1 aromatic rings. The maximum atomic E-state index is 12.1. The van der Waals surface area contributed by atoms with Crippen LogP contribution >= 0.6 is 12.2 Å². The summed E-state index contributed by atoms with van der Waals surface area (Å²) in [6.07, 6.45) is -4.41. The first-order chi connectivity index (χ1) is 8.20. The van der Waals surface area contributed by atoms with Crippen LogP contribution in [0.15, 0.2) is 24.3 Å². The van der Waals surface area contributed by atoms with E-state index in [-0.39, 0.29) is 10.6 Å². The fourth-order valence-corrected chi connectivity index (χ4v) is 1.47. The van der Waals surface area contributed by atoms with E-state index in [1.165, 1.54) is 24.3 Å². The molecule has 7 heteroatoms. The molecule has 0 unspecified atom stereocenters. The predicted molar refractivity (Wildman–Crippen MR) is 65.3 cm³/mol. The van der Waals surface area contributed by atoms with Gasteiger partial charge < -0.3 is 10.6 Å². The lowest BCUT2D eigenvalue weighted by Gasteiger charge is -2.19. The van der Waals surface area contributed by atoms with Crippen LogP contribution in [0, 0.1) is 0 Å². The van der Waals surface area contributed by atoms with Crippen molar-refractivity contribution in [1.82, 2.24) is 4.90 Å². The number of halogens is 3. The Kier molecular flexibility index (Phi) is 4.28. The molecular formula is C11H11F3N2OS. The van der Waals surface area contributed by atoms with Crippen LogP contribution in [0.3, 0.4) is 0 Å². The highest BCUT2D eigenvalue weighted by molar-refractivity contribution is 7.80. The summed E-state index contributed by atoms with van der Waals surface area (Å²) in [5.74, 6) is -0.707. The minimum atomic E-state index is -4.41. The second kappa shape index (κ2) is 5.34. The van der Waals surface area contributed by atoms with Crippen LogP contribution in [0.4, 0.5) is 13.2 Å². The second-order valence-corrected chi connectivity index (χ2v) is 4.16. The molecule has 0 aromatic heterocycles. The van der Waals surface area contributed by atoms with Gasteiger partial charge in [-0.05, 0) is 12.1 Å². The molecule has 0 saturated heterocycles. The van der Waals surface area contributed by atoms with E-state index in [2.05, 4.69) is 0 Å². The van der Waals surface area contributed by atoms with Crippen molar-refractivity contribution in [2.75, 3.05) is 13.6 Å². The van der Waals surface area contributed by atoms with Crippen molar-refractivity contribution in [3.05, 3.63) is 35.4 Å². The first-order valence-corrected chi connectivity index (χ1v) is 5.33. The van der Waals surface area contributed by atoms with Crippen molar-refractivity contribution >= 4 is 23.1 Å². The Morgan fingerprint density at radius 3 is 2.11 bits per heavy atom. The molecule has 1 rings (SSSR count). The summed E-state index contributed by atoms with van der Waals surface area (Å²) in [6, 6.07) is 5.78. The van der Waals surface area contributed by atoms with E-state index in [4.69, 9.17) is 18.0 Å². The topological polar surface area (TPSA) is 46.3 Å². The maximum Gasteiger partial charge on any atom is 0.406 e. The zero-order chi connectivity index (χ0) is 13.9. The lowest BCUT2D eigenvalue weighted by atomic mass is 10.1. The maximum absolute atomic E-state index is 12.1. The first-order valence-electron chi connectivity index (χ1n) is 4.93. The summed E-state index contributed by atoms with van der Waals surface area (Å²) in [5, 5.41) is 0. The fraction of sp³-hybridized carbons (Fsp3) is 0.273. The highest BCUT2D eigenvalue weighted by Gasteiger charge is 2.31. The normalized spacial score (nSPS) is 11.1. The van der Waals surface area contributed by atoms with Gasteiger partial charge in [-0.3, -0.25) is 4.79 Å². The zero-order valence-electron chi connectivity index (χ0n) is 9.49. The van der Waals surface area contributed by atoms with Crippen LogP contribution in [-0.4, -0.2) is 35.6 Å². The lowest BCUT2D eigenvalue weighted by Crippen LogP contribution is -2.35. The predicted octanol–water partition coefficient (Wildman–Crippen LogP) is 1.96. The highest BCUT2D eigenvalue weighted by Crippen LogP contribution is 2.17. The third-order valence-corrected chi connectivity index (χ3v) is 2.42. The number of thiocarbonyl (C=S) groups is 1. The molecule has 0 aliphatic carbocycles. The van der Waals surface area contributed by atoms with E-state index in [0.29, 0.717) is 10.5 Å². The van der Waals surface area contributed by atoms with Gasteiger partial charge in [0.2, 0.25) is 0 Å². The molecule has 3 nitrogen and oxygen atoms in total. The Balaban J connectivity index is 2.81. The lowest BCUT2D eigenvalue weighted by molar-refractivity contribution is -0.138. The number of hydrogen-bond donors (Lipinski definition) is 1. The Morgan fingerprint density at radius 2 is 1.72 bits per heavy atom. The average molecular weight is 276 g/mol. The standard InChI is InChI=1S/C11H11F3N2OS/c1-16(6-11(12,13)14)10(17)8-4-2-7(3-5-8)9(15)18/h2-5H,6H2,1H3,(H2,15,18). The smallest absolute Gasteiger partial charge is 0.389 e. The van der Waals surface area contributed by atoms with Crippen LogP contribution in [0.2, 0.25) is 0 Å². The van der Waals surface area contributed by atoms with Crippen molar-refractivity contribution in [2.45, 2.75) is 6.18 Å². The number of amides is 1. The van der Waals surface area contributed by atoms with Gasteiger partial charge in [-0.25, -0.2) is 0 Å². The van der Waals surface area contributed by atoms with Gasteiger partial charge in [-0.1, -0.05) is 24.4 Å². The van der Waals surface area contributed by atoms with Crippen LogP contribution in [0.5, 0.6) is 0 Å². The summed E-state index contributed by atoms with van der Waals surface area (Å²) < 4.78 is 36.4. The summed E-state index contributed by atoms with van der Waals surface area (Å²) in [6.45, 7) is -1.29. The number of carbonyl (C=O) groups is 1. The minimum absolute atomic E-state index is 0.154. The Bertz CT molecular complexity index is 456. The van der Waals surface area contributed by atoms with E-state index in [9.17, 15) is 18.0 Å². The van der Waals surface area contributed by atoms with E-state index in [0.717, 1.165) is 7.05 Å². The largest absolute Gasteiger partial charge is 0.406 e. The molecule has 1 aromatic carbocycles. The van der Waals surface area contributed by atoms with E-state index >= 15 is 0 Å². The molecule has 0 spiro atoms. The van der Waals surface area contributed by atoms with Crippen molar-refractivity contribution in [1.29, 1.82) is 0 Å². The van der Waals surface area contributed by atoms with Gasteiger partial charge >= 0.3 is 6.18 Å². The van der Waals surface area contributed by atoms with Crippen LogP contribution in [-0.2, 0) is 0 Å². The van der Waals surface area contributed by atoms with Crippen LogP contribution < -0.4 is 5.73 Å².